The van der Waals surface area contributed by atoms with Crippen LogP contribution in [-0.2, 0) is 0 Å². The predicted molar refractivity (Wildman–Crippen MR) is 53.6 cm³/mol. The van der Waals surface area contributed by atoms with Crippen molar-refractivity contribution >= 4 is 28.9 Å². The van der Waals surface area contributed by atoms with E-state index in [2.05, 4.69) is 0 Å². The van der Waals surface area contributed by atoms with E-state index in [1.54, 1.807) is 18.2 Å². The Labute approximate surface area is 81.8 Å². The first-order valence-electron chi connectivity index (χ1n) is 3.68. The van der Waals surface area contributed by atoms with Crippen LogP contribution in [0.2, 0.25) is 10.0 Å². The van der Waals surface area contributed by atoms with E-state index in [9.17, 15) is 0 Å². The van der Waals surface area contributed by atoms with Crippen LogP contribution in [0.1, 0.15) is 18.9 Å². The van der Waals surface area contributed by atoms with Gasteiger partial charge in [0, 0.05) is 11.3 Å². The van der Waals surface area contributed by atoms with Gasteiger partial charge in [-0.2, -0.15) is 0 Å². The van der Waals surface area contributed by atoms with Crippen molar-refractivity contribution in [3.63, 3.8) is 0 Å². The molecule has 1 aromatic carbocycles. The molecular weight excluding hydrogens is 193 g/mol. The summed E-state index contributed by atoms with van der Waals surface area (Å²) in [5.41, 5.74) is 1.24. The maximum Gasteiger partial charge on any atom is 0.0682 e. The van der Waals surface area contributed by atoms with E-state index in [1.807, 2.05) is 6.92 Å². The molecule has 0 fully saturated rings. The molecule has 0 saturated carbocycles. The Balaban J connectivity index is 3.16. The summed E-state index contributed by atoms with van der Waals surface area (Å²) in [4.78, 5) is 0. The van der Waals surface area contributed by atoms with Crippen molar-refractivity contribution in [1.82, 2.24) is 0 Å². The second kappa shape index (κ2) is 3.92. The third-order valence-electron chi connectivity index (χ3n) is 1.63. The van der Waals surface area contributed by atoms with Crippen molar-refractivity contribution in [2.75, 3.05) is 0 Å². The highest BCUT2D eigenvalue weighted by atomic mass is 35.5. The SMILES string of the molecule is CCC(=N)c1cccc(Cl)c1Cl. The topological polar surface area (TPSA) is 23.9 Å². The van der Waals surface area contributed by atoms with E-state index in [1.165, 1.54) is 0 Å². The predicted octanol–water partition coefficient (Wildman–Crippen LogP) is 3.77. The smallest absolute Gasteiger partial charge is 0.0682 e. The minimum absolute atomic E-state index is 0.478. The number of rotatable bonds is 2. The third kappa shape index (κ3) is 1.79. The Bertz CT molecular complexity index is 307. The minimum Gasteiger partial charge on any atom is -0.305 e. The Morgan fingerprint density at radius 3 is 2.67 bits per heavy atom. The Kier molecular flexibility index (Phi) is 3.12. The maximum atomic E-state index is 7.57. The molecule has 1 N–H and O–H groups in total. The lowest BCUT2D eigenvalue weighted by molar-refractivity contribution is 1.24. The molecule has 0 aromatic heterocycles. The summed E-state index contributed by atoms with van der Waals surface area (Å²) in [5.74, 6) is 0. The molecule has 0 unspecified atom stereocenters. The van der Waals surface area contributed by atoms with Crippen LogP contribution in [-0.4, -0.2) is 5.71 Å². The lowest BCUT2D eigenvalue weighted by Crippen LogP contribution is -1.97. The minimum atomic E-state index is 0.478. The average Bonchev–Trinajstić information content (AvgIpc) is 2.08. The van der Waals surface area contributed by atoms with Gasteiger partial charge in [0.2, 0.25) is 0 Å². The molecule has 12 heavy (non-hydrogen) atoms. The fourth-order valence-corrected chi connectivity index (χ4v) is 1.34. The molecule has 0 bridgehead atoms. The highest BCUT2D eigenvalue weighted by Crippen LogP contribution is 2.26. The molecule has 1 rings (SSSR count). The van der Waals surface area contributed by atoms with Crippen molar-refractivity contribution in [1.29, 1.82) is 5.41 Å². The molecule has 0 aliphatic heterocycles. The van der Waals surface area contributed by atoms with E-state index >= 15 is 0 Å². The fraction of sp³-hybridized carbons (Fsp3) is 0.222. The van der Waals surface area contributed by atoms with Crippen molar-refractivity contribution in [2.45, 2.75) is 13.3 Å². The Morgan fingerprint density at radius 1 is 1.42 bits per heavy atom. The Hall–Kier alpha value is -0.530. The first kappa shape index (κ1) is 9.56. The summed E-state index contributed by atoms with van der Waals surface area (Å²) in [7, 11) is 0. The lowest BCUT2D eigenvalue weighted by Gasteiger charge is -2.04. The normalized spacial score (nSPS) is 9.92. The van der Waals surface area contributed by atoms with Gasteiger partial charge in [0.05, 0.1) is 10.0 Å². The van der Waals surface area contributed by atoms with E-state index in [0.717, 1.165) is 5.56 Å². The number of nitrogens with one attached hydrogen (secondary N) is 1. The molecule has 1 aromatic rings. The van der Waals surface area contributed by atoms with Gasteiger partial charge in [-0.15, -0.1) is 0 Å². The summed E-state index contributed by atoms with van der Waals surface area (Å²) >= 11 is 11.7. The zero-order valence-electron chi connectivity index (χ0n) is 6.70. The van der Waals surface area contributed by atoms with Gasteiger partial charge < -0.3 is 5.41 Å². The van der Waals surface area contributed by atoms with Gasteiger partial charge in [-0.3, -0.25) is 0 Å². The van der Waals surface area contributed by atoms with Crippen LogP contribution in [0.3, 0.4) is 0 Å². The van der Waals surface area contributed by atoms with Crippen LogP contribution < -0.4 is 0 Å². The van der Waals surface area contributed by atoms with Gasteiger partial charge in [-0.25, -0.2) is 0 Å². The molecule has 0 spiro atoms. The van der Waals surface area contributed by atoms with Crippen molar-refractivity contribution in [3.8, 4) is 0 Å². The number of halogens is 2. The molecular formula is C9H9Cl2N. The summed E-state index contributed by atoms with van der Waals surface area (Å²) in [6.07, 6.45) is 0.667. The van der Waals surface area contributed by atoms with Gasteiger partial charge in [-0.05, 0) is 12.5 Å². The summed E-state index contributed by atoms with van der Waals surface area (Å²) in [6.45, 7) is 1.92. The van der Waals surface area contributed by atoms with Crippen LogP contribution >= 0.6 is 23.2 Å². The van der Waals surface area contributed by atoms with Crippen molar-refractivity contribution in [2.24, 2.45) is 0 Å². The number of hydrogen-bond acceptors (Lipinski definition) is 1. The zero-order valence-corrected chi connectivity index (χ0v) is 8.21. The van der Waals surface area contributed by atoms with Gasteiger partial charge >= 0.3 is 0 Å². The molecule has 0 heterocycles. The van der Waals surface area contributed by atoms with Crippen molar-refractivity contribution < 1.29 is 0 Å². The molecule has 0 aliphatic carbocycles. The summed E-state index contributed by atoms with van der Waals surface area (Å²) < 4.78 is 0. The van der Waals surface area contributed by atoms with Gasteiger partial charge in [-0.1, -0.05) is 42.3 Å². The standard InChI is InChI=1S/C9H9Cl2N/c1-2-8(12)6-4-3-5-7(10)9(6)11/h3-5,12H,2H2,1H3. The average molecular weight is 202 g/mol. The second-order valence-corrected chi connectivity index (χ2v) is 3.22. The molecule has 3 heteroatoms. The molecule has 1 nitrogen and oxygen atoms in total. The monoisotopic (exact) mass is 201 g/mol. The number of benzene rings is 1. The van der Waals surface area contributed by atoms with Crippen LogP contribution in [0.5, 0.6) is 0 Å². The van der Waals surface area contributed by atoms with Gasteiger partial charge in [0.25, 0.3) is 0 Å². The first-order chi connectivity index (χ1) is 5.66. The highest BCUT2D eigenvalue weighted by molar-refractivity contribution is 6.44. The largest absolute Gasteiger partial charge is 0.305 e. The van der Waals surface area contributed by atoms with E-state index in [0.29, 0.717) is 22.2 Å². The molecule has 0 radical (unpaired) electrons. The van der Waals surface area contributed by atoms with E-state index in [-0.39, 0.29) is 0 Å². The third-order valence-corrected chi connectivity index (χ3v) is 2.45. The molecule has 0 aliphatic rings. The van der Waals surface area contributed by atoms with Crippen LogP contribution in [0, 0.1) is 5.41 Å². The molecule has 0 saturated heterocycles. The van der Waals surface area contributed by atoms with Crippen LogP contribution in [0.15, 0.2) is 18.2 Å². The zero-order chi connectivity index (χ0) is 9.14. The summed E-state index contributed by atoms with van der Waals surface area (Å²) in [5, 5.41) is 8.56. The van der Waals surface area contributed by atoms with Crippen molar-refractivity contribution in [3.05, 3.63) is 33.8 Å². The van der Waals surface area contributed by atoms with E-state index in [4.69, 9.17) is 28.6 Å². The molecule has 0 amide bonds. The fourth-order valence-electron chi connectivity index (χ4n) is 0.927. The van der Waals surface area contributed by atoms with Crippen LogP contribution in [0.25, 0.3) is 0 Å². The Morgan fingerprint density at radius 2 is 2.08 bits per heavy atom. The van der Waals surface area contributed by atoms with Gasteiger partial charge in [0.15, 0.2) is 0 Å². The quantitative estimate of drug-likeness (QED) is 0.705. The molecule has 0 atom stereocenters. The van der Waals surface area contributed by atoms with Gasteiger partial charge in [0.1, 0.15) is 0 Å². The number of hydrogen-bond donors (Lipinski definition) is 1. The van der Waals surface area contributed by atoms with Crippen LogP contribution in [0.4, 0.5) is 0 Å². The lowest BCUT2D eigenvalue weighted by atomic mass is 10.1. The first-order valence-corrected chi connectivity index (χ1v) is 4.44. The highest BCUT2D eigenvalue weighted by Gasteiger charge is 2.06. The second-order valence-electron chi connectivity index (χ2n) is 2.43. The van der Waals surface area contributed by atoms with E-state index < -0.39 is 0 Å². The maximum absolute atomic E-state index is 7.57. The summed E-state index contributed by atoms with van der Waals surface area (Å²) in [6, 6.07) is 5.32. The molecule has 64 valence electrons.